The summed E-state index contributed by atoms with van der Waals surface area (Å²) < 4.78 is 36.1. The molecule has 0 saturated heterocycles. The Kier molecular flexibility index (Phi) is 5.73. The van der Waals surface area contributed by atoms with Crippen LogP contribution >= 0.6 is 27.5 Å². The summed E-state index contributed by atoms with van der Waals surface area (Å²) in [5, 5.41) is 0.352. The maximum absolute atomic E-state index is 15.3. The highest BCUT2D eigenvalue weighted by Crippen LogP contribution is 2.47. The molecular formula is C20H21BrClF2NO. The number of fused-ring (bicyclic) bond motifs is 1. The molecule has 6 heteroatoms. The molecule has 1 aliphatic heterocycles. The summed E-state index contributed by atoms with van der Waals surface area (Å²) in [6, 6.07) is 5.69. The van der Waals surface area contributed by atoms with E-state index in [1.54, 1.807) is 6.07 Å². The average Bonchev–Trinajstić information content (AvgIpc) is 2.96. The Morgan fingerprint density at radius 1 is 1.23 bits per heavy atom. The van der Waals surface area contributed by atoms with E-state index in [1.165, 1.54) is 18.2 Å². The first-order valence-electron chi connectivity index (χ1n) is 8.62. The van der Waals surface area contributed by atoms with Crippen LogP contribution in [-0.2, 0) is 23.4 Å². The molecule has 0 aliphatic carbocycles. The fourth-order valence-electron chi connectivity index (χ4n) is 3.82. The Morgan fingerprint density at radius 3 is 2.62 bits per heavy atom. The zero-order valence-corrected chi connectivity index (χ0v) is 17.3. The van der Waals surface area contributed by atoms with E-state index < -0.39 is 11.4 Å². The molecule has 1 atom stereocenters. The molecule has 0 amide bonds. The largest absolute Gasteiger partial charge is 0.366 e. The Balaban J connectivity index is 2.31. The minimum absolute atomic E-state index is 0.337. The lowest BCUT2D eigenvalue weighted by molar-refractivity contribution is -0.0173. The van der Waals surface area contributed by atoms with Gasteiger partial charge in [-0.05, 0) is 71.7 Å². The summed E-state index contributed by atoms with van der Waals surface area (Å²) in [6.45, 7) is 5.47. The second kappa shape index (κ2) is 7.55. The van der Waals surface area contributed by atoms with Gasteiger partial charge in [0.15, 0.2) is 0 Å². The second-order valence-electron chi connectivity index (χ2n) is 6.60. The van der Waals surface area contributed by atoms with E-state index in [-0.39, 0.29) is 5.82 Å². The molecule has 0 bridgehead atoms. The average molecular weight is 445 g/mol. The van der Waals surface area contributed by atoms with E-state index in [1.807, 2.05) is 20.9 Å². The number of halogens is 4. The van der Waals surface area contributed by atoms with Crippen LogP contribution in [0.1, 0.15) is 42.5 Å². The summed E-state index contributed by atoms with van der Waals surface area (Å²) in [5.41, 5.74) is 1.63. The van der Waals surface area contributed by atoms with Crippen LogP contribution < -0.4 is 0 Å². The Bertz CT molecular complexity index is 845. The van der Waals surface area contributed by atoms with Gasteiger partial charge >= 0.3 is 0 Å². The highest BCUT2D eigenvalue weighted by molar-refractivity contribution is 9.10. The Labute approximate surface area is 166 Å². The first-order chi connectivity index (χ1) is 12.3. The molecule has 2 aromatic carbocycles. The van der Waals surface area contributed by atoms with Gasteiger partial charge in [0.1, 0.15) is 17.2 Å². The highest BCUT2D eigenvalue weighted by Gasteiger charge is 2.41. The highest BCUT2D eigenvalue weighted by atomic mass is 79.9. The Morgan fingerprint density at radius 2 is 1.96 bits per heavy atom. The molecule has 3 rings (SSSR count). The van der Waals surface area contributed by atoms with Crippen molar-refractivity contribution in [1.29, 1.82) is 0 Å². The SMILES string of the molecule is CCOC(CC)(c1cc(F)ccc1Cl)c1c(F)cc2c(c1Br)CN(C)C2. The van der Waals surface area contributed by atoms with Gasteiger partial charge in [-0.1, -0.05) is 18.5 Å². The van der Waals surface area contributed by atoms with Crippen molar-refractivity contribution in [2.24, 2.45) is 0 Å². The summed E-state index contributed by atoms with van der Waals surface area (Å²) >= 11 is 10.0. The zero-order chi connectivity index (χ0) is 19.1. The van der Waals surface area contributed by atoms with Crippen LogP contribution in [0.15, 0.2) is 28.7 Å². The third-order valence-electron chi connectivity index (χ3n) is 4.94. The smallest absolute Gasteiger partial charge is 0.131 e. The van der Waals surface area contributed by atoms with E-state index in [4.69, 9.17) is 16.3 Å². The minimum Gasteiger partial charge on any atom is -0.366 e. The molecular weight excluding hydrogens is 424 g/mol. The number of nitrogens with zero attached hydrogens (tertiary/aromatic N) is 1. The first-order valence-corrected chi connectivity index (χ1v) is 9.79. The summed E-state index contributed by atoms with van der Waals surface area (Å²) in [5.74, 6) is -0.805. The molecule has 0 aromatic heterocycles. The van der Waals surface area contributed by atoms with Crippen LogP contribution in [0.25, 0.3) is 0 Å². The van der Waals surface area contributed by atoms with E-state index in [0.29, 0.717) is 46.7 Å². The maximum Gasteiger partial charge on any atom is 0.131 e. The van der Waals surface area contributed by atoms with Crippen LogP contribution in [0, 0.1) is 11.6 Å². The predicted molar refractivity (Wildman–Crippen MR) is 103 cm³/mol. The molecule has 2 aromatic rings. The van der Waals surface area contributed by atoms with Gasteiger partial charge in [-0.25, -0.2) is 8.78 Å². The van der Waals surface area contributed by atoms with Gasteiger partial charge in [-0.15, -0.1) is 0 Å². The Hall–Kier alpha value is -1.01. The lowest BCUT2D eigenvalue weighted by atomic mass is 9.82. The van der Waals surface area contributed by atoms with E-state index in [2.05, 4.69) is 20.8 Å². The molecule has 2 nitrogen and oxygen atoms in total. The van der Waals surface area contributed by atoms with Crippen molar-refractivity contribution >= 4 is 27.5 Å². The molecule has 26 heavy (non-hydrogen) atoms. The third-order valence-corrected chi connectivity index (χ3v) is 6.14. The fourth-order valence-corrected chi connectivity index (χ4v) is 4.97. The number of ether oxygens (including phenoxy) is 1. The second-order valence-corrected chi connectivity index (χ2v) is 7.80. The van der Waals surface area contributed by atoms with Gasteiger partial charge in [0.25, 0.3) is 0 Å². The van der Waals surface area contributed by atoms with Crippen LogP contribution in [-0.4, -0.2) is 18.6 Å². The van der Waals surface area contributed by atoms with Crippen LogP contribution in [0.2, 0.25) is 5.02 Å². The number of benzene rings is 2. The van der Waals surface area contributed by atoms with Crippen molar-refractivity contribution in [2.45, 2.75) is 39.0 Å². The molecule has 1 aliphatic rings. The van der Waals surface area contributed by atoms with E-state index in [0.717, 1.165) is 11.1 Å². The first kappa shape index (κ1) is 19.7. The molecule has 0 radical (unpaired) electrons. The lowest BCUT2D eigenvalue weighted by Crippen LogP contribution is -2.33. The zero-order valence-electron chi connectivity index (χ0n) is 15.0. The van der Waals surface area contributed by atoms with Gasteiger partial charge in [0.05, 0.1) is 0 Å². The van der Waals surface area contributed by atoms with Crippen molar-refractivity contribution in [3.8, 4) is 0 Å². The molecule has 0 saturated carbocycles. The van der Waals surface area contributed by atoms with Crippen molar-refractivity contribution < 1.29 is 13.5 Å². The summed E-state index contributed by atoms with van der Waals surface area (Å²) in [7, 11) is 1.99. The van der Waals surface area contributed by atoms with Crippen molar-refractivity contribution in [3.63, 3.8) is 0 Å². The fraction of sp³-hybridized carbons (Fsp3) is 0.400. The quantitative estimate of drug-likeness (QED) is 0.559. The minimum atomic E-state index is -1.17. The monoisotopic (exact) mass is 443 g/mol. The predicted octanol–water partition coefficient (Wildman–Crippen LogP) is 6.02. The van der Waals surface area contributed by atoms with Crippen LogP contribution in [0.5, 0.6) is 0 Å². The number of hydrogen-bond acceptors (Lipinski definition) is 2. The summed E-state index contributed by atoms with van der Waals surface area (Å²) in [4.78, 5) is 2.11. The van der Waals surface area contributed by atoms with E-state index in [9.17, 15) is 4.39 Å². The van der Waals surface area contributed by atoms with Crippen LogP contribution in [0.4, 0.5) is 8.78 Å². The van der Waals surface area contributed by atoms with Gasteiger partial charge in [-0.3, -0.25) is 4.90 Å². The maximum atomic E-state index is 15.3. The summed E-state index contributed by atoms with van der Waals surface area (Å²) in [6.07, 6.45) is 0.411. The number of hydrogen-bond donors (Lipinski definition) is 0. The molecule has 140 valence electrons. The van der Waals surface area contributed by atoms with Crippen molar-refractivity contribution in [1.82, 2.24) is 4.90 Å². The third kappa shape index (κ3) is 3.19. The standard InChI is InChI=1S/C20H21BrClF2NO/c1-4-20(26-5-2,15-9-13(23)6-7-16(15)22)18-17(24)8-12-10-25(3)11-14(12)19(18)21/h6-9H,4-5,10-11H2,1-3H3. The molecule has 0 fully saturated rings. The van der Waals surface area contributed by atoms with Gasteiger partial charge in [0.2, 0.25) is 0 Å². The molecule has 1 heterocycles. The van der Waals surface area contributed by atoms with Gasteiger partial charge in [-0.2, -0.15) is 0 Å². The number of rotatable bonds is 5. The van der Waals surface area contributed by atoms with Gasteiger partial charge in [0, 0.05) is 40.3 Å². The lowest BCUT2D eigenvalue weighted by Gasteiger charge is -2.36. The topological polar surface area (TPSA) is 12.5 Å². The van der Waals surface area contributed by atoms with Gasteiger partial charge < -0.3 is 4.74 Å². The molecule has 0 spiro atoms. The molecule has 0 N–H and O–H groups in total. The van der Waals surface area contributed by atoms with Crippen LogP contribution in [0.3, 0.4) is 0 Å². The normalized spacial score (nSPS) is 16.6. The van der Waals surface area contributed by atoms with Crippen molar-refractivity contribution in [3.05, 3.63) is 67.6 Å². The van der Waals surface area contributed by atoms with Crippen molar-refractivity contribution in [2.75, 3.05) is 13.7 Å². The molecule has 1 unspecified atom stereocenters. The van der Waals surface area contributed by atoms with E-state index >= 15 is 4.39 Å².